The molecule has 0 radical (unpaired) electrons. The maximum atomic E-state index is 14.2. The van der Waals surface area contributed by atoms with Gasteiger partial charge in [0.1, 0.15) is 5.82 Å². The molecule has 0 spiro atoms. The maximum absolute atomic E-state index is 14.2. The van der Waals surface area contributed by atoms with Gasteiger partial charge in [-0.2, -0.15) is 11.8 Å². The van der Waals surface area contributed by atoms with E-state index < -0.39 is 0 Å². The van der Waals surface area contributed by atoms with Gasteiger partial charge in [-0.25, -0.2) is 4.39 Å². The summed E-state index contributed by atoms with van der Waals surface area (Å²) < 4.78 is 14.2. The molecule has 0 aliphatic carbocycles. The van der Waals surface area contributed by atoms with Crippen molar-refractivity contribution in [2.75, 3.05) is 18.8 Å². The summed E-state index contributed by atoms with van der Waals surface area (Å²) in [5.74, 6) is 0.214. The zero-order chi connectivity index (χ0) is 20.9. The number of halogens is 1. The number of thioether (sulfide) groups is 1. The Bertz CT molecular complexity index is 1050. The second kappa shape index (κ2) is 9.26. The molecule has 1 unspecified atom stereocenters. The van der Waals surface area contributed by atoms with Crippen molar-refractivity contribution < 1.29 is 14.0 Å². The summed E-state index contributed by atoms with van der Waals surface area (Å²) in [4.78, 5) is 28.1. The monoisotopic (exact) mass is 419 g/mol. The van der Waals surface area contributed by atoms with E-state index in [1.54, 1.807) is 59.1 Å². The molecular formula is C25H22FNO2S. The molecule has 3 nitrogen and oxygen atoms in total. The van der Waals surface area contributed by atoms with Gasteiger partial charge >= 0.3 is 0 Å². The van der Waals surface area contributed by atoms with Crippen LogP contribution in [0.25, 0.3) is 0 Å². The summed E-state index contributed by atoms with van der Waals surface area (Å²) in [6.07, 6.45) is 0.673. The van der Waals surface area contributed by atoms with Crippen molar-refractivity contribution in [3.63, 3.8) is 0 Å². The Morgan fingerprint density at radius 2 is 1.50 bits per heavy atom. The highest BCUT2D eigenvalue weighted by Gasteiger charge is 2.26. The van der Waals surface area contributed by atoms with Crippen molar-refractivity contribution in [3.05, 3.63) is 107 Å². The van der Waals surface area contributed by atoms with Crippen molar-refractivity contribution in [1.29, 1.82) is 0 Å². The summed E-state index contributed by atoms with van der Waals surface area (Å²) in [6, 6.07) is 22.8. The number of benzene rings is 3. The first-order chi connectivity index (χ1) is 14.6. The molecular weight excluding hydrogens is 397 g/mol. The Morgan fingerprint density at radius 1 is 0.833 bits per heavy atom. The van der Waals surface area contributed by atoms with Gasteiger partial charge in [0, 0.05) is 40.8 Å². The predicted octanol–water partition coefficient (Wildman–Crippen LogP) is 5.38. The second-order valence-electron chi connectivity index (χ2n) is 7.20. The topological polar surface area (TPSA) is 37.4 Å². The Kier molecular flexibility index (Phi) is 6.29. The van der Waals surface area contributed by atoms with Crippen LogP contribution in [-0.4, -0.2) is 35.4 Å². The van der Waals surface area contributed by atoms with Crippen LogP contribution in [0.15, 0.2) is 78.9 Å². The van der Waals surface area contributed by atoms with Gasteiger partial charge in [-0.15, -0.1) is 0 Å². The fraction of sp³-hybridized carbons (Fsp3) is 0.200. The Hall–Kier alpha value is -2.92. The lowest BCUT2D eigenvalue weighted by molar-refractivity contribution is 0.0762. The van der Waals surface area contributed by atoms with Crippen LogP contribution in [0, 0.1) is 5.82 Å². The van der Waals surface area contributed by atoms with Crippen molar-refractivity contribution in [2.45, 2.75) is 11.7 Å². The lowest BCUT2D eigenvalue weighted by Crippen LogP contribution is -2.34. The van der Waals surface area contributed by atoms with Crippen molar-refractivity contribution in [3.8, 4) is 0 Å². The average Bonchev–Trinajstić information content (AvgIpc) is 3.05. The Balaban J connectivity index is 1.54. The highest BCUT2D eigenvalue weighted by atomic mass is 32.2. The molecule has 4 rings (SSSR count). The van der Waals surface area contributed by atoms with Crippen LogP contribution in [0.3, 0.4) is 0 Å². The number of hydrogen-bond acceptors (Lipinski definition) is 3. The third kappa shape index (κ3) is 4.31. The minimum absolute atomic E-state index is 0.0187. The van der Waals surface area contributed by atoms with Crippen LogP contribution in [-0.2, 0) is 0 Å². The van der Waals surface area contributed by atoms with Crippen LogP contribution in [0.4, 0.5) is 4.39 Å². The van der Waals surface area contributed by atoms with Crippen LogP contribution in [0.2, 0.25) is 0 Å². The van der Waals surface area contributed by atoms with E-state index in [1.807, 2.05) is 30.3 Å². The summed E-state index contributed by atoms with van der Waals surface area (Å²) in [6.45, 7) is 1.10. The second-order valence-corrected chi connectivity index (χ2v) is 8.51. The molecule has 1 aliphatic rings. The largest absolute Gasteiger partial charge is 0.338 e. The number of ketones is 1. The first kappa shape index (κ1) is 20.4. The lowest BCUT2D eigenvalue weighted by atomic mass is 9.97. The molecule has 1 fully saturated rings. The molecule has 3 aromatic carbocycles. The maximum Gasteiger partial charge on any atom is 0.254 e. The van der Waals surface area contributed by atoms with Crippen LogP contribution < -0.4 is 0 Å². The third-order valence-electron chi connectivity index (χ3n) is 5.32. The van der Waals surface area contributed by atoms with E-state index in [0.717, 1.165) is 5.75 Å². The van der Waals surface area contributed by atoms with Crippen molar-refractivity contribution in [2.24, 2.45) is 0 Å². The van der Waals surface area contributed by atoms with E-state index in [4.69, 9.17) is 0 Å². The Morgan fingerprint density at radius 3 is 2.27 bits per heavy atom. The molecule has 0 bridgehead atoms. The molecule has 152 valence electrons. The minimum atomic E-state index is -0.200. The number of nitrogens with zero attached hydrogens (tertiary/aromatic N) is 1. The zero-order valence-corrected chi connectivity index (χ0v) is 17.3. The summed E-state index contributed by atoms with van der Waals surface area (Å²) in [5.41, 5.74) is 2.08. The van der Waals surface area contributed by atoms with Gasteiger partial charge < -0.3 is 4.90 Å². The lowest BCUT2D eigenvalue weighted by Gasteiger charge is -2.22. The first-order valence-electron chi connectivity index (χ1n) is 9.99. The normalized spacial score (nSPS) is 16.7. The van der Waals surface area contributed by atoms with Gasteiger partial charge in [0.15, 0.2) is 5.78 Å². The van der Waals surface area contributed by atoms with E-state index in [0.29, 0.717) is 41.8 Å². The van der Waals surface area contributed by atoms with E-state index in [9.17, 15) is 14.0 Å². The van der Waals surface area contributed by atoms with Gasteiger partial charge in [0.2, 0.25) is 0 Å². The molecule has 1 aliphatic heterocycles. The summed E-state index contributed by atoms with van der Waals surface area (Å²) in [7, 11) is 0. The average molecular weight is 420 g/mol. The number of carbonyl (C=O) groups excluding carboxylic acids is 2. The fourth-order valence-corrected chi connectivity index (χ4v) is 4.99. The zero-order valence-electron chi connectivity index (χ0n) is 16.5. The quantitative estimate of drug-likeness (QED) is 0.533. The number of hydrogen-bond donors (Lipinski definition) is 0. The molecule has 1 amide bonds. The number of carbonyl (C=O) groups is 2. The van der Waals surface area contributed by atoms with Crippen molar-refractivity contribution >= 4 is 23.5 Å². The number of amides is 1. The molecule has 30 heavy (non-hydrogen) atoms. The van der Waals surface area contributed by atoms with Crippen molar-refractivity contribution in [1.82, 2.24) is 4.90 Å². The Labute approximate surface area is 179 Å². The molecule has 1 atom stereocenters. The smallest absolute Gasteiger partial charge is 0.254 e. The van der Waals surface area contributed by atoms with Gasteiger partial charge in [-0.05, 0) is 18.6 Å². The molecule has 1 heterocycles. The van der Waals surface area contributed by atoms with E-state index in [1.165, 1.54) is 6.07 Å². The van der Waals surface area contributed by atoms with E-state index in [2.05, 4.69) is 0 Å². The minimum Gasteiger partial charge on any atom is -0.338 e. The first-order valence-corrected chi connectivity index (χ1v) is 11.0. The van der Waals surface area contributed by atoms with Gasteiger partial charge in [-0.3, -0.25) is 9.59 Å². The number of rotatable bonds is 4. The highest BCUT2D eigenvalue weighted by molar-refractivity contribution is 7.99. The molecule has 0 aromatic heterocycles. The predicted molar refractivity (Wildman–Crippen MR) is 118 cm³/mol. The van der Waals surface area contributed by atoms with Gasteiger partial charge in [0.05, 0.1) is 5.56 Å². The molecule has 5 heteroatoms. The van der Waals surface area contributed by atoms with Gasteiger partial charge in [-0.1, -0.05) is 66.7 Å². The fourth-order valence-electron chi connectivity index (χ4n) is 3.74. The van der Waals surface area contributed by atoms with E-state index in [-0.39, 0.29) is 22.8 Å². The van der Waals surface area contributed by atoms with Crippen LogP contribution >= 0.6 is 11.8 Å². The molecule has 3 aromatic rings. The van der Waals surface area contributed by atoms with Gasteiger partial charge in [0.25, 0.3) is 5.91 Å². The molecule has 0 N–H and O–H groups in total. The molecule has 0 saturated carbocycles. The standard InChI is InChI=1S/C25H22FNO2S/c26-22-13-7-6-12-21(22)23-14-15-27(16-17-30-23)25(29)20-11-5-4-10-19(20)24(28)18-8-2-1-3-9-18/h1-13,23H,14-17H2. The highest BCUT2D eigenvalue weighted by Crippen LogP contribution is 2.36. The molecule has 1 saturated heterocycles. The van der Waals surface area contributed by atoms with Crippen LogP contribution in [0.1, 0.15) is 43.5 Å². The van der Waals surface area contributed by atoms with Crippen LogP contribution in [0.5, 0.6) is 0 Å². The SMILES string of the molecule is O=C(c1ccccc1)c1ccccc1C(=O)N1CCSC(c2ccccc2F)CC1. The summed E-state index contributed by atoms with van der Waals surface area (Å²) >= 11 is 1.67. The summed E-state index contributed by atoms with van der Waals surface area (Å²) in [5, 5.41) is 0.0187. The van der Waals surface area contributed by atoms with E-state index >= 15 is 0 Å². The third-order valence-corrected chi connectivity index (χ3v) is 6.63.